The van der Waals surface area contributed by atoms with Gasteiger partial charge in [-0.1, -0.05) is 27.1 Å². The number of nitrogens with zero attached hydrogens (tertiary/aromatic N) is 6. The Bertz CT molecular complexity index is 955. The number of halogens is 1. The van der Waals surface area contributed by atoms with Crippen LogP contribution in [0.25, 0.3) is 10.9 Å². The van der Waals surface area contributed by atoms with Crippen molar-refractivity contribution in [3.8, 4) is 0 Å². The van der Waals surface area contributed by atoms with Gasteiger partial charge in [0.2, 0.25) is 5.95 Å². The summed E-state index contributed by atoms with van der Waals surface area (Å²) in [4.78, 5) is 19.1. The lowest BCUT2D eigenvalue weighted by atomic mass is 10.0. The van der Waals surface area contributed by atoms with E-state index in [9.17, 15) is 4.79 Å². The van der Waals surface area contributed by atoms with Gasteiger partial charge in [-0.25, -0.2) is 4.68 Å². The second kappa shape index (κ2) is 6.99. The fraction of sp³-hybridized carbons (Fsp3) is 0.353. The van der Waals surface area contributed by atoms with Gasteiger partial charge < -0.3 is 10.2 Å². The molecular formula is C17H20BrN7O. The molecule has 1 aliphatic rings. The van der Waals surface area contributed by atoms with E-state index in [1.165, 1.54) is 0 Å². The zero-order valence-electron chi connectivity index (χ0n) is 14.3. The normalized spacial score (nSPS) is 15.4. The summed E-state index contributed by atoms with van der Waals surface area (Å²) < 4.78 is 2.64. The van der Waals surface area contributed by atoms with Crippen molar-refractivity contribution in [3.05, 3.63) is 40.5 Å². The highest BCUT2D eigenvalue weighted by molar-refractivity contribution is 9.10. The summed E-state index contributed by atoms with van der Waals surface area (Å²) in [5.41, 5.74) is 1.45. The first-order chi connectivity index (χ1) is 12.6. The first kappa shape index (κ1) is 16.9. The number of benzene rings is 1. The predicted octanol–water partition coefficient (Wildman–Crippen LogP) is 2.17. The van der Waals surface area contributed by atoms with E-state index in [4.69, 9.17) is 0 Å². The number of aryl methyl sites for hydroxylation is 1. The molecule has 136 valence electrons. The van der Waals surface area contributed by atoms with E-state index in [1.807, 2.05) is 31.3 Å². The Morgan fingerprint density at radius 3 is 2.85 bits per heavy atom. The van der Waals surface area contributed by atoms with Crippen LogP contribution in [-0.2, 0) is 7.05 Å². The van der Waals surface area contributed by atoms with Crippen molar-refractivity contribution in [2.45, 2.75) is 18.9 Å². The maximum Gasteiger partial charge on any atom is 0.253 e. The van der Waals surface area contributed by atoms with Gasteiger partial charge in [-0.15, -0.1) is 0 Å². The number of hydrogen-bond donors (Lipinski definition) is 1. The summed E-state index contributed by atoms with van der Waals surface area (Å²) >= 11 is 3.43. The zero-order chi connectivity index (χ0) is 18.1. The van der Waals surface area contributed by atoms with E-state index in [2.05, 4.69) is 46.7 Å². The number of piperidine rings is 1. The lowest BCUT2D eigenvalue weighted by molar-refractivity contribution is 0.0931. The van der Waals surface area contributed by atoms with Crippen LogP contribution < -0.4 is 10.2 Å². The second-order valence-corrected chi connectivity index (χ2v) is 7.31. The summed E-state index contributed by atoms with van der Waals surface area (Å²) in [6.45, 7) is 1.62. The molecule has 0 unspecified atom stereocenters. The van der Waals surface area contributed by atoms with Crippen LogP contribution in [0.5, 0.6) is 0 Å². The molecule has 1 aromatic carbocycles. The Labute approximate surface area is 160 Å². The number of tetrazole rings is 1. The lowest BCUT2D eigenvalue weighted by Crippen LogP contribution is -2.45. The van der Waals surface area contributed by atoms with Gasteiger partial charge in [-0.3, -0.25) is 9.78 Å². The van der Waals surface area contributed by atoms with Crippen LogP contribution in [0, 0.1) is 0 Å². The fourth-order valence-corrected chi connectivity index (χ4v) is 3.55. The standard InChI is InChI=1S/C17H18BrN7O.H2/c1-24-17(21-22-23-24)25-6-4-14(5-7-25)20-16(26)12-8-11-2-3-13(18)9-15(11)19-10-12;/h2-3,8-10,14H,4-7H2,1H3,(H,20,26);1H. The molecule has 1 saturated heterocycles. The third-order valence-corrected chi connectivity index (χ3v) is 5.11. The lowest BCUT2D eigenvalue weighted by Gasteiger charge is -2.32. The second-order valence-electron chi connectivity index (χ2n) is 6.40. The Kier molecular flexibility index (Phi) is 4.54. The molecule has 0 spiro atoms. The van der Waals surface area contributed by atoms with E-state index in [-0.39, 0.29) is 13.4 Å². The topological polar surface area (TPSA) is 88.8 Å². The molecule has 0 atom stereocenters. The number of aromatic nitrogens is 5. The number of nitrogens with one attached hydrogen (secondary N) is 1. The number of pyridine rings is 1. The zero-order valence-corrected chi connectivity index (χ0v) is 15.8. The number of carbonyl (C=O) groups excluding carboxylic acids is 1. The number of carbonyl (C=O) groups is 1. The van der Waals surface area contributed by atoms with Crippen LogP contribution in [0.2, 0.25) is 0 Å². The van der Waals surface area contributed by atoms with Gasteiger partial charge in [0.05, 0.1) is 11.1 Å². The van der Waals surface area contributed by atoms with Crippen LogP contribution >= 0.6 is 15.9 Å². The van der Waals surface area contributed by atoms with Crippen molar-refractivity contribution in [2.75, 3.05) is 18.0 Å². The summed E-state index contributed by atoms with van der Waals surface area (Å²) in [6, 6.07) is 7.86. The Morgan fingerprint density at radius 2 is 2.12 bits per heavy atom. The largest absolute Gasteiger partial charge is 0.349 e. The molecule has 1 aliphatic heterocycles. The van der Waals surface area contributed by atoms with Gasteiger partial charge >= 0.3 is 0 Å². The summed E-state index contributed by atoms with van der Waals surface area (Å²) in [6.07, 6.45) is 3.34. The molecule has 0 saturated carbocycles. The molecule has 0 aliphatic carbocycles. The maximum atomic E-state index is 12.6. The van der Waals surface area contributed by atoms with Crippen LogP contribution in [0.4, 0.5) is 5.95 Å². The number of hydrogen-bond acceptors (Lipinski definition) is 6. The molecule has 1 fully saturated rings. The number of amides is 1. The SMILES string of the molecule is Cn1nnnc1N1CCC(NC(=O)c2cnc3cc(Br)ccc3c2)CC1.[HH]. The van der Waals surface area contributed by atoms with E-state index >= 15 is 0 Å². The maximum absolute atomic E-state index is 12.6. The number of anilines is 1. The van der Waals surface area contributed by atoms with Crippen LogP contribution in [0.3, 0.4) is 0 Å². The van der Waals surface area contributed by atoms with E-state index < -0.39 is 0 Å². The third-order valence-electron chi connectivity index (χ3n) is 4.62. The van der Waals surface area contributed by atoms with Gasteiger partial charge in [0, 0.05) is 43.7 Å². The first-order valence-corrected chi connectivity index (χ1v) is 9.23. The van der Waals surface area contributed by atoms with E-state index in [0.717, 1.165) is 47.3 Å². The Morgan fingerprint density at radius 1 is 1.31 bits per heavy atom. The molecule has 4 rings (SSSR count). The van der Waals surface area contributed by atoms with Crippen LogP contribution in [-0.4, -0.2) is 50.2 Å². The van der Waals surface area contributed by atoms with Gasteiger partial charge in [-0.2, -0.15) is 0 Å². The van der Waals surface area contributed by atoms with E-state index in [1.54, 1.807) is 10.9 Å². The predicted molar refractivity (Wildman–Crippen MR) is 103 cm³/mol. The molecule has 0 bridgehead atoms. The Balaban J connectivity index is 0.00000210. The van der Waals surface area contributed by atoms with Crippen molar-refractivity contribution in [3.63, 3.8) is 0 Å². The molecule has 1 N–H and O–H groups in total. The molecule has 3 heterocycles. The molecule has 8 nitrogen and oxygen atoms in total. The molecule has 2 aromatic heterocycles. The summed E-state index contributed by atoms with van der Waals surface area (Å²) in [5.74, 6) is 0.681. The van der Waals surface area contributed by atoms with Crippen molar-refractivity contribution in [2.24, 2.45) is 7.05 Å². The number of rotatable bonds is 3. The molecule has 3 aromatic rings. The van der Waals surface area contributed by atoms with Gasteiger partial charge in [0.15, 0.2) is 0 Å². The smallest absolute Gasteiger partial charge is 0.253 e. The highest BCUT2D eigenvalue weighted by Crippen LogP contribution is 2.20. The molecular weight excluding hydrogens is 398 g/mol. The Hall–Kier alpha value is -2.55. The minimum absolute atomic E-state index is 0. The highest BCUT2D eigenvalue weighted by atomic mass is 79.9. The van der Waals surface area contributed by atoms with E-state index in [0.29, 0.717) is 5.56 Å². The summed E-state index contributed by atoms with van der Waals surface area (Å²) in [7, 11) is 1.83. The number of fused-ring (bicyclic) bond motifs is 1. The minimum atomic E-state index is -0.0823. The van der Waals surface area contributed by atoms with Crippen molar-refractivity contribution in [1.29, 1.82) is 0 Å². The first-order valence-electron chi connectivity index (χ1n) is 8.43. The monoisotopic (exact) mass is 417 g/mol. The average Bonchev–Trinajstić information content (AvgIpc) is 3.08. The molecule has 0 radical (unpaired) electrons. The van der Waals surface area contributed by atoms with Crippen LogP contribution in [0.1, 0.15) is 24.6 Å². The quantitative estimate of drug-likeness (QED) is 0.702. The average molecular weight is 418 g/mol. The third kappa shape index (κ3) is 3.39. The molecule has 1 amide bonds. The van der Waals surface area contributed by atoms with Crippen molar-refractivity contribution >= 4 is 38.7 Å². The van der Waals surface area contributed by atoms with Gasteiger partial charge in [0.25, 0.3) is 5.91 Å². The molecule has 9 heteroatoms. The van der Waals surface area contributed by atoms with Crippen molar-refractivity contribution < 1.29 is 6.22 Å². The van der Waals surface area contributed by atoms with Crippen LogP contribution in [0.15, 0.2) is 34.9 Å². The highest BCUT2D eigenvalue weighted by Gasteiger charge is 2.24. The fourth-order valence-electron chi connectivity index (χ4n) is 3.20. The minimum Gasteiger partial charge on any atom is -0.349 e. The summed E-state index contributed by atoms with van der Waals surface area (Å²) in [5, 5.41) is 15.6. The van der Waals surface area contributed by atoms with Gasteiger partial charge in [-0.05, 0) is 41.5 Å². The molecule has 26 heavy (non-hydrogen) atoms. The van der Waals surface area contributed by atoms with Gasteiger partial charge in [0.1, 0.15) is 0 Å². The van der Waals surface area contributed by atoms with Crippen molar-refractivity contribution in [1.82, 2.24) is 30.5 Å².